The van der Waals surface area contributed by atoms with Crippen molar-refractivity contribution in [3.05, 3.63) is 33.5 Å². The molecule has 0 saturated heterocycles. The molecule has 0 spiro atoms. The smallest absolute Gasteiger partial charge is 0.267 e. The van der Waals surface area contributed by atoms with Crippen LogP contribution in [0.1, 0.15) is 28.2 Å². The van der Waals surface area contributed by atoms with Crippen molar-refractivity contribution in [1.82, 2.24) is 10.3 Å². The second-order valence-corrected chi connectivity index (χ2v) is 10.2. The molecule has 2 heterocycles. The molecule has 0 aliphatic heterocycles. The fourth-order valence-corrected chi connectivity index (χ4v) is 5.27. The van der Waals surface area contributed by atoms with Crippen molar-refractivity contribution in [2.75, 3.05) is 23.4 Å². The standard InChI is InChI=1S/C16H19N3O4S3/c20-14(17-5-7-26(22,23)10-11-3-4-11)8-12-9-25-16(18-12)19-15(21)13-2-1-6-24-13/h1-2,6,9,11H,3-5,7-8,10H2,(H,17,20)(H,18,19,21). The third-order valence-corrected chi connectivity index (χ3v) is 7.26. The number of aromatic nitrogens is 1. The van der Waals surface area contributed by atoms with Gasteiger partial charge in [0.1, 0.15) is 0 Å². The molecule has 0 bridgehead atoms. The van der Waals surface area contributed by atoms with E-state index < -0.39 is 9.84 Å². The van der Waals surface area contributed by atoms with Crippen LogP contribution in [0.3, 0.4) is 0 Å². The Labute approximate surface area is 159 Å². The summed E-state index contributed by atoms with van der Waals surface area (Å²) >= 11 is 2.58. The second kappa shape index (κ2) is 8.28. The Balaban J connectivity index is 1.41. The molecule has 140 valence electrons. The number of anilines is 1. The Morgan fingerprint density at radius 2 is 2.08 bits per heavy atom. The van der Waals surface area contributed by atoms with Gasteiger partial charge in [0.05, 0.1) is 28.5 Å². The van der Waals surface area contributed by atoms with E-state index in [1.54, 1.807) is 17.5 Å². The Morgan fingerprint density at radius 3 is 2.77 bits per heavy atom. The summed E-state index contributed by atoms with van der Waals surface area (Å²) in [4.78, 5) is 28.7. The molecule has 26 heavy (non-hydrogen) atoms. The third kappa shape index (κ3) is 5.89. The van der Waals surface area contributed by atoms with E-state index in [4.69, 9.17) is 0 Å². The number of hydrogen-bond acceptors (Lipinski definition) is 7. The fourth-order valence-electron chi connectivity index (χ4n) is 2.31. The number of thiazole rings is 1. The number of sulfone groups is 1. The van der Waals surface area contributed by atoms with Crippen molar-refractivity contribution in [2.24, 2.45) is 5.92 Å². The molecule has 2 aromatic heterocycles. The van der Waals surface area contributed by atoms with Crippen molar-refractivity contribution in [3.8, 4) is 0 Å². The fraction of sp³-hybridized carbons (Fsp3) is 0.438. The molecule has 2 aromatic rings. The van der Waals surface area contributed by atoms with E-state index in [0.29, 0.717) is 21.6 Å². The van der Waals surface area contributed by atoms with Crippen LogP contribution in [0.25, 0.3) is 0 Å². The Hall–Kier alpha value is -1.78. The lowest BCUT2D eigenvalue weighted by molar-refractivity contribution is -0.120. The highest BCUT2D eigenvalue weighted by molar-refractivity contribution is 7.91. The van der Waals surface area contributed by atoms with Crippen molar-refractivity contribution in [1.29, 1.82) is 0 Å². The number of rotatable bonds is 9. The number of nitrogens with one attached hydrogen (secondary N) is 2. The predicted molar refractivity (Wildman–Crippen MR) is 102 cm³/mol. The molecule has 1 saturated carbocycles. The first-order valence-corrected chi connectivity index (χ1v) is 11.8. The highest BCUT2D eigenvalue weighted by Crippen LogP contribution is 2.30. The lowest BCUT2D eigenvalue weighted by Gasteiger charge is -2.05. The molecule has 3 rings (SSSR count). The summed E-state index contributed by atoms with van der Waals surface area (Å²) in [5, 5.41) is 9.25. The summed E-state index contributed by atoms with van der Waals surface area (Å²) in [6.45, 7) is 0.111. The second-order valence-electron chi connectivity index (χ2n) is 6.16. The lowest BCUT2D eigenvalue weighted by atomic mass is 10.3. The van der Waals surface area contributed by atoms with Gasteiger partial charge in [-0.05, 0) is 30.2 Å². The number of nitrogens with zero attached hydrogens (tertiary/aromatic N) is 1. The monoisotopic (exact) mass is 413 g/mol. The van der Waals surface area contributed by atoms with E-state index in [2.05, 4.69) is 15.6 Å². The van der Waals surface area contributed by atoms with Crippen LogP contribution in [0, 0.1) is 5.92 Å². The predicted octanol–water partition coefficient (Wildman–Crippen LogP) is 1.94. The van der Waals surface area contributed by atoms with Crippen molar-refractivity contribution in [3.63, 3.8) is 0 Å². The van der Waals surface area contributed by atoms with Gasteiger partial charge in [0.2, 0.25) is 5.91 Å². The van der Waals surface area contributed by atoms with E-state index in [-0.39, 0.29) is 36.3 Å². The minimum atomic E-state index is -3.09. The third-order valence-electron chi connectivity index (χ3n) is 3.78. The maximum Gasteiger partial charge on any atom is 0.267 e. The number of carbonyl (C=O) groups excluding carboxylic acids is 2. The van der Waals surface area contributed by atoms with E-state index in [1.807, 2.05) is 5.38 Å². The lowest BCUT2D eigenvalue weighted by Crippen LogP contribution is -2.31. The van der Waals surface area contributed by atoms with Crippen LogP contribution in [0.2, 0.25) is 0 Å². The normalized spacial score (nSPS) is 14.2. The van der Waals surface area contributed by atoms with Crippen molar-refractivity contribution >= 4 is 49.5 Å². The molecule has 0 aromatic carbocycles. The van der Waals surface area contributed by atoms with Crippen molar-refractivity contribution in [2.45, 2.75) is 19.3 Å². The molecule has 10 heteroatoms. The quantitative estimate of drug-likeness (QED) is 0.654. The number of carbonyl (C=O) groups is 2. The molecular formula is C16H19N3O4S3. The minimum Gasteiger partial charge on any atom is -0.355 e. The molecule has 2 amide bonds. The van der Waals surface area contributed by atoms with Gasteiger partial charge in [-0.2, -0.15) is 0 Å². The summed E-state index contributed by atoms with van der Waals surface area (Å²) in [5.74, 6) is -0.00997. The Kier molecular flexibility index (Phi) is 6.05. The largest absolute Gasteiger partial charge is 0.355 e. The summed E-state index contributed by atoms with van der Waals surface area (Å²) in [5.41, 5.74) is 0.537. The first kappa shape index (κ1) is 19.0. The number of amides is 2. The van der Waals surface area contributed by atoms with Crippen LogP contribution < -0.4 is 10.6 Å². The molecule has 1 aliphatic rings. The van der Waals surface area contributed by atoms with Gasteiger partial charge in [0.15, 0.2) is 15.0 Å². The topological polar surface area (TPSA) is 105 Å². The van der Waals surface area contributed by atoms with Crippen molar-refractivity contribution < 1.29 is 18.0 Å². The molecule has 1 fully saturated rings. The van der Waals surface area contributed by atoms with Gasteiger partial charge >= 0.3 is 0 Å². The van der Waals surface area contributed by atoms with E-state index in [9.17, 15) is 18.0 Å². The molecule has 1 aliphatic carbocycles. The molecular weight excluding hydrogens is 394 g/mol. The van der Waals surface area contributed by atoms with Gasteiger partial charge in [-0.3, -0.25) is 14.9 Å². The maximum atomic E-state index is 12.0. The van der Waals surface area contributed by atoms with Crippen LogP contribution >= 0.6 is 22.7 Å². The molecule has 2 N–H and O–H groups in total. The van der Waals surface area contributed by atoms with Gasteiger partial charge in [-0.25, -0.2) is 13.4 Å². The zero-order valence-electron chi connectivity index (χ0n) is 13.9. The zero-order chi connectivity index (χ0) is 18.6. The highest BCUT2D eigenvalue weighted by Gasteiger charge is 2.27. The highest BCUT2D eigenvalue weighted by atomic mass is 32.2. The van der Waals surface area contributed by atoms with Gasteiger partial charge in [0.25, 0.3) is 5.91 Å². The van der Waals surface area contributed by atoms with Crippen LogP contribution in [0.15, 0.2) is 22.9 Å². The summed E-state index contributed by atoms with van der Waals surface area (Å²) in [6.07, 6.45) is 2.02. The number of hydrogen-bond donors (Lipinski definition) is 2. The van der Waals surface area contributed by atoms with E-state index >= 15 is 0 Å². The summed E-state index contributed by atoms with van der Waals surface area (Å²) < 4.78 is 23.6. The van der Waals surface area contributed by atoms with Crippen LogP contribution in [0.4, 0.5) is 5.13 Å². The Morgan fingerprint density at radius 1 is 1.27 bits per heavy atom. The molecule has 0 unspecified atom stereocenters. The van der Waals surface area contributed by atoms with Crippen LogP contribution in [-0.4, -0.2) is 43.3 Å². The first-order chi connectivity index (χ1) is 12.4. The molecule has 7 nitrogen and oxygen atoms in total. The molecule has 0 atom stereocenters. The van der Waals surface area contributed by atoms with E-state index in [1.165, 1.54) is 22.7 Å². The molecule has 0 radical (unpaired) electrons. The van der Waals surface area contributed by atoms with Crippen LogP contribution in [-0.2, 0) is 21.1 Å². The average molecular weight is 414 g/mol. The first-order valence-electron chi connectivity index (χ1n) is 8.18. The number of thiophene rings is 1. The SMILES string of the molecule is O=C(Cc1csc(NC(=O)c2cccs2)n1)NCCS(=O)(=O)CC1CC1. The van der Waals surface area contributed by atoms with Gasteiger partial charge < -0.3 is 5.32 Å². The van der Waals surface area contributed by atoms with E-state index in [0.717, 1.165) is 12.8 Å². The van der Waals surface area contributed by atoms with Gasteiger partial charge in [-0.1, -0.05) is 6.07 Å². The van der Waals surface area contributed by atoms with Gasteiger partial charge in [0, 0.05) is 11.9 Å². The average Bonchev–Trinajstić information content (AvgIpc) is 3.03. The zero-order valence-corrected chi connectivity index (χ0v) is 16.4. The summed E-state index contributed by atoms with van der Waals surface area (Å²) in [6, 6.07) is 3.52. The Bertz CT molecular complexity index is 870. The summed E-state index contributed by atoms with van der Waals surface area (Å²) in [7, 11) is -3.09. The van der Waals surface area contributed by atoms with Crippen LogP contribution in [0.5, 0.6) is 0 Å². The van der Waals surface area contributed by atoms with Gasteiger partial charge in [-0.15, -0.1) is 22.7 Å². The maximum absolute atomic E-state index is 12.0. The minimum absolute atomic E-state index is 0.0333.